The van der Waals surface area contributed by atoms with E-state index in [2.05, 4.69) is 17.4 Å². The van der Waals surface area contributed by atoms with Gasteiger partial charge in [-0.1, -0.05) is 0 Å². The quantitative estimate of drug-likeness (QED) is 0.541. The second-order valence-electron chi connectivity index (χ2n) is 2.46. The van der Waals surface area contributed by atoms with Crippen molar-refractivity contribution in [1.82, 2.24) is 0 Å². The lowest BCUT2D eigenvalue weighted by molar-refractivity contribution is 0.0597. The number of aromatic hydroxyl groups is 1. The Hall–Kier alpha value is -1.67. The van der Waals surface area contributed by atoms with Crippen LogP contribution in [0, 0.1) is 11.3 Å². The van der Waals surface area contributed by atoms with E-state index in [9.17, 15) is 9.90 Å². The van der Waals surface area contributed by atoms with E-state index in [0.717, 1.165) is 0 Å². The summed E-state index contributed by atoms with van der Waals surface area (Å²) in [5.41, 5.74) is 0.126. The highest BCUT2D eigenvalue weighted by molar-refractivity contribution is 7.80. The number of hydrogen-bond acceptors (Lipinski definition) is 5. The predicted octanol–water partition coefficient (Wildman–Crippen LogP) is 1.34. The summed E-state index contributed by atoms with van der Waals surface area (Å²) >= 11 is 3.97. The maximum Gasteiger partial charge on any atom is 0.339 e. The number of ether oxygens (including phenoxy) is 1. The van der Waals surface area contributed by atoms with Gasteiger partial charge in [-0.15, -0.1) is 12.6 Å². The molecule has 0 radical (unpaired) electrons. The van der Waals surface area contributed by atoms with E-state index >= 15 is 0 Å². The molecule has 1 N–H and O–H groups in total. The first-order chi connectivity index (χ1) is 6.61. The minimum absolute atomic E-state index is 0.0313. The van der Waals surface area contributed by atoms with Crippen molar-refractivity contribution in [2.75, 3.05) is 7.11 Å². The van der Waals surface area contributed by atoms with Crippen molar-refractivity contribution in [3.05, 3.63) is 23.3 Å². The molecule has 1 aromatic carbocycles. The van der Waals surface area contributed by atoms with Gasteiger partial charge in [-0.2, -0.15) is 5.26 Å². The molecule has 4 nitrogen and oxygen atoms in total. The third-order valence-corrected chi connectivity index (χ3v) is 2.14. The Labute approximate surface area is 86.1 Å². The molecule has 0 atom stereocenters. The molecule has 72 valence electrons. The zero-order valence-electron chi connectivity index (χ0n) is 7.31. The van der Waals surface area contributed by atoms with E-state index in [1.54, 1.807) is 6.07 Å². The van der Waals surface area contributed by atoms with Crippen molar-refractivity contribution < 1.29 is 14.6 Å². The maximum atomic E-state index is 11.2. The number of rotatable bonds is 1. The zero-order chi connectivity index (χ0) is 10.7. The second kappa shape index (κ2) is 4.03. The smallest absolute Gasteiger partial charge is 0.339 e. The number of nitrogens with zero attached hydrogens (tertiary/aromatic N) is 1. The van der Waals surface area contributed by atoms with E-state index in [0.29, 0.717) is 0 Å². The number of phenolic OH excluding ortho intramolecular Hbond substituents is 1. The van der Waals surface area contributed by atoms with E-state index in [1.807, 2.05) is 0 Å². The van der Waals surface area contributed by atoms with Gasteiger partial charge >= 0.3 is 5.97 Å². The predicted molar refractivity (Wildman–Crippen MR) is 51.4 cm³/mol. The van der Waals surface area contributed by atoms with Crippen LogP contribution in [0.4, 0.5) is 0 Å². The van der Waals surface area contributed by atoms with Crippen molar-refractivity contribution in [3.8, 4) is 11.8 Å². The van der Waals surface area contributed by atoms with Gasteiger partial charge in [-0.05, 0) is 12.1 Å². The van der Waals surface area contributed by atoms with Gasteiger partial charge in [0.15, 0.2) is 0 Å². The first-order valence-electron chi connectivity index (χ1n) is 3.65. The molecule has 0 aliphatic rings. The average Bonchev–Trinajstić information content (AvgIpc) is 2.18. The summed E-state index contributed by atoms with van der Waals surface area (Å²) in [6.07, 6.45) is 0. The summed E-state index contributed by atoms with van der Waals surface area (Å²) in [4.78, 5) is 11.3. The van der Waals surface area contributed by atoms with Crippen LogP contribution < -0.4 is 0 Å². The van der Waals surface area contributed by atoms with Gasteiger partial charge in [-0.25, -0.2) is 4.79 Å². The molecular formula is C9H7NO3S. The fourth-order valence-electron chi connectivity index (χ4n) is 0.965. The molecular weight excluding hydrogens is 202 g/mol. The van der Waals surface area contributed by atoms with Crippen LogP contribution in [0.5, 0.6) is 5.75 Å². The minimum atomic E-state index is -0.591. The molecule has 1 aromatic rings. The van der Waals surface area contributed by atoms with E-state index in [1.165, 1.54) is 19.2 Å². The van der Waals surface area contributed by atoms with Crippen LogP contribution in [-0.4, -0.2) is 18.2 Å². The lowest BCUT2D eigenvalue weighted by Gasteiger charge is -2.05. The van der Waals surface area contributed by atoms with Gasteiger partial charge in [0, 0.05) is 4.90 Å². The van der Waals surface area contributed by atoms with E-state index in [-0.39, 0.29) is 21.8 Å². The number of esters is 1. The highest BCUT2D eigenvalue weighted by atomic mass is 32.1. The molecule has 0 saturated heterocycles. The van der Waals surface area contributed by atoms with Crippen LogP contribution in [0.2, 0.25) is 0 Å². The molecule has 0 spiro atoms. The molecule has 0 aliphatic carbocycles. The van der Waals surface area contributed by atoms with Crippen LogP contribution in [0.25, 0.3) is 0 Å². The Morgan fingerprint density at radius 3 is 2.79 bits per heavy atom. The number of methoxy groups -OCH3 is 1. The third-order valence-electron chi connectivity index (χ3n) is 1.67. The number of benzene rings is 1. The fraction of sp³-hybridized carbons (Fsp3) is 0.111. The fourth-order valence-corrected chi connectivity index (χ4v) is 1.30. The molecule has 0 saturated carbocycles. The van der Waals surface area contributed by atoms with Gasteiger partial charge in [0.25, 0.3) is 0 Å². The summed E-state index contributed by atoms with van der Waals surface area (Å²) in [7, 11) is 1.23. The molecule has 0 aromatic heterocycles. The Kier molecular flexibility index (Phi) is 2.99. The van der Waals surface area contributed by atoms with Gasteiger partial charge in [0.1, 0.15) is 17.4 Å². The maximum absolute atomic E-state index is 11.2. The van der Waals surface area contributed by atoms with Crippen molar-refractivity contribution in [1.29, 1.82) is 5.26 Å². The summed E-state index contributed by atoms with van der Waals surface area (Å²) in [6, 6.07) is 4.35. The molecule has 5 heteroatoms. The summed E-state index contributed by atoms with van der Waals surface area (Å²) in [6.45, 7) is 0. The molecule has 0 aliphatic heterocycles. The first kappa shape index (κ1) is 10.4. The monoisotopic (exact) mass is 209 g/mol. The van der Waals surface area contributed by atoms with Gasteiger partial charge in [0.05, 0.1) is 12.7 Å². The number of phenols is 1. The number of carbonyl (C=O) groups is 1. The van der Waals surface area contributed by atoms with Gasteiger partial charge in [0.2, 0.25) is 0 Å². The second-order valence-corrected chi connectivity index (χ2v) is 2.91. The zero-order valence-corrected chi connectivity index (χ0v) is 8.21. The van der Waals surface area contributed by atoms with Crippen molar-refractivity contribution in [2.45, 2.75) is 4.90 Å². The van der Waals surface area contributed by atoms with Crippen LogP contribution in [0.3, 0.4) is 0 Å². The van der Waals surface area contributed by atoms with Crippen molar-refractivity contribution in [3.63, 3.8) is 0 Å². The lowest BCUT2D eigenvalue weighted by atomic mass is 10.1. The standard InChI is InChI=1S/C9H7NO3S/c1-13-9(12)5-2-3-7(11)6(4-10)8(5)14/h2-3,11,14H,1H3. The first-order valence-corrected chi connectivity index (χ1v) is 4.10. The molecule has 0 heterocycles. The summed E-state index contributed by atoms with van der Waals surface area (Å²) < 4.78 is 4.48. The molecule has 0 fully saturated rings. The van der Waals surface area contributed by atoms with E-state index < -0.39 is 5.97 Å². The number of carbonyl (C=O) groups excluding carboxylic acids is 1. The Bertz CT molecular complexity index is 423. The molecule has 0 unspecified atom stereocenters. The van der Waals surface area contributed by atoms with Gasteiger partial charge in [-0.3, -0.25) is 0 Å². The number of thiol groups is 1. The van der Waals surface area contributed by atoms with Crippen LogP contribution in [-0.2, 0) is 4.74 Å². The SMILES string of the molecule is COC(=O)c1ccc(O)c(C#N)c1S. The van der Waals surface area contributed by atoms with Crippen LogP contribution in [0.15, 0.2) is 17.0 Å². The molecule has 1 rings (SSSR count). The Morgan fingerprint density at radius 1 is 1.64 bits per heavy atom. The minimum Gasteiger partial charge on any atom is -0.507 e. The molecule has 0 amide bonds. The van der Waals surface area contributed by atoms with Crippen molar-refractivity contribution >= 4 is 18.6 Å². The Morgan fingerprint density at radius 2 is 2.29 bits per heavy atom. The normalized spacial score (nSPS) is 9.21. The lowest BCUT2D eigenvalue weighted by Crippen LogP contribution is -2.03. The largest absolute Gasteiger partial charge is 0.507 e. The highest BCUT2D eigenvalue weighted by Gasteiger charge is 2.15. The molecule has 0 bridgehead atoms. The van der Waals surface area contributed by atoms with E-state index in [4.69, 9.17) is 5.26 Å². The topological polar surface area (TPSA) is 70.3 Å². The number of nitriles is 1. The highest BCUT2D eigenvalue weighted by Crippen LogP contribution is 2.27. The average molecular weight is 209 g/mol. The summed E-state index contributed by atoms with van der Waals surface area (Å²) in [5, 5.41) is 17.9. The Balaban J connectivity index is 3.37. The van der Waals surface area contributed by atoms with Crippen molar-refractivity contribution in [2.24, 2.45) is 0 Å². The molecule has 14 heavy (non-hydrogen) atoms. The van der Waals surface area contributed by atoms with Crippen LogP contribution in [0.1, 0.15) is 15.9 Å². The number of hydrogen-bond donors (Lipinski definition) is 2. The third kappa shape index (κ3) is 1.65. The van der Waals surface area contributed by atoms with Crippen LogP contribution >= 0.6 is 12.6 Å². The summed E-state index contributed by atoms with van der Waals surface area (Å²) in [5.74, 6) is -0.795. The van der Waals surface area contributed by atoms with Gasteiger partial charge < -0.3 is 9.84 Å².